The summed E-state index contributed by atoms with van der Waals surface area (Å²) in [5.74, 6) is -2.26. The van der Waals surface area contributed by atoms with E-state index in [0.717, 1.165) is 12.1 Å². The van der Waals surface area contributed by atoms with E-state index in [1.165, 1.54) is 4.90 Å². The fourth-order valence-electron chi connectivity index (χ4n) is 1.54. The predicted octanol–water partition coefficient (Wildman–Crippen LogP) is 1.60. The summed E-state index contributed by atoms with van der Waals surface area (Å²) in [5, 5.41) is 0. The van der Waals surface area contributed by atoms with Gasteiger partial charge in [0.1, 0.15) is 18.2 Å². The minimum atomic E-state index is -0.928. The number of cyclic esters (lactones) is 1. The standard InChI is InChI=1S/C11H9F2NO3/c12-7-1-2-8(9(13)5-7)10(15)6-14-3-4-17-11(14)16/h1-2,5H,3-4,6H2. The van der Waals surface area contributed by atoms with Crippen LogP contribution in [-0.4, -0.2) is 36.5 Å². The van der Waals surface area contributed by atoms with Crippen molar-refractivity contribution in [3.05, 3.63) is 35.4 Å². The van der Waals surface area contributed by atoms with Crippen LogP contribution in [0.2, 0.25) is 0 Å². The fraction of sp³-hybridized carbons (Fsp3) is 0.273. The highest BCUT2D eigenvalue weighted by Crippen LogP contribution is 2.12. The van der Waals surface area contributed by atoms with Gasteiger partial charge in [0.25, 0.3) is 0 Å². The summed E-state index contributed by atoms with van der Waals surface area (Å²) in [6.45, 7) is 0.257. The Kier molecular flexibility index (Phi) is 3.03. The lowest BCUT2D eigenvalue weighted by Gasteiger charge is -2.11. The van der Waals surface area contributed by atoms with Crippen molar-refractivity contribution in [2.24, 2.45) is 0 Å². The first-order valence-electron chi connectivity index (χ1n) is 4.98. The van der Waals surface area contributed by atoms with Crippen molar-refractivity contribution >= 4 is 11.9 Å². The lowest BCUT2D eigenvalue weighted by Crippen LogP contribution is -2.30. The molecule has 0 saturated carbocycles. The minimum absolute atomic E-state index is 0.220. The van der Waals surface area contributed by atoms with Gasteiger partial charge in [0.15, 0.2) is 5.78 Å². The van der Waals surface area contributed by atoms with E-state index < -0.39 is 23.5 Å². The van der Waals surface area contributed by atoms with Crippen molar-refractivity contribution in [3.8, 4) is 0 Å². The molecule has 0 aromatic heterocycles. The summed E-state index contributed by atoms with van der Waals surface area (Å²) < 4.78 is 30.6. The number of rotatable bonds is 3. The highest BCUT2D eigenvalue weighted by atomic mass is 19.1. The number of carbonyl (C=O) groups is 2. The van der Waals surface area contributed by atoms with Gasteiger partial charge in [0.05, 0.1) is 18.7 Å². The fourth-order valence-corrected chi connectivity index (χ4v) is 1.54. The first-order chi connectivity index (χ1) is 8.08. The smallest absolute Gasteiger partial charge is 0.410 e. The number of halogens is 2. The summed E-state index contributed by atoms with van der Waals surface area (Å²) in [4.78, 5) is 23.9. The molecule has 1 heterocycles. The molecule has 1 fully saturated rings. The zero-order valence-corrected chi connectivity index (χ0v) is 8.78. The Hall–Kier alpha value is -1.98. The number of hydrogen-bond acceptors (Lipinski definition) is 3. The van der Waals surface area contributed by atoms with Crippen LogP contribution in [0.4, 0.5) is 13.6 Å². The summed E-state index contributed by atoms with van der Waals surface area (Å²) >= 11 is 0. The summed E-state index contributed by atoms with van der Waals surface area (Å²) in [7, 11) is 0. The molecule has 2 rings (SSSR count). The van der Waals surface area contributed by atoms with Crippen LogP contribution in [0.1, 0.15) is 10.4 Å². The van der Waals surface area contributed by atoms with Gasteiger partial charge in [-0.2, -0.15) is 0 Å². The van der Waals surface area contributed by atoms with Gasteiger partial charge in [-0.1, -0.05) is 0 Å². The van der Waals surface area contributed by atoms with Gasteiger partial charge in [0.2, 0.25) is 0 Å². The lowest BCUT2D eigenvalue weighted by atomic mass is 10.1. The molecule has 0 aliphatic carbocycles. The van der Waals surface area contributed by atoms with Crippen LogP contribution in [0.3, 0.4) is 0 Å². The van der Waals surface area contributed by atoms with Gasteiger partial charge < -0.3 is 4.74 Å². The molecule has 1 amide bonds. The molecule has 0 radical (unpaired) electrons. The molecular weight excluding hydrogens is 232 g/mol. The Labute approximate surface area is 95.8 Å². The highest BCUT2D eigenvalue weighted by molar-refractivity contribution is 5.99. The quantitative estimate of drug-likeness (QED) is 0.755. The summed E-state index contributed by atoms with van der Waals surface area (Å²) in [6, 6.07) is 2.70. The molecule has 0 atom stereocenters. The van der Waals surface area contributed by atoms with E-state index in [0.29, 0.717) is 12.6 Å². The van der Waals surface area contributed by atoms with E-state index in [-0.39, 0.29) is 18.7 Å². The second-order valence-corrected chi connectivity index (χ2v) is 3.58. The van der Waals surface area contributed by atoms with Crippen LogP contribution in [-0.2, 0) is 4.74 Å². The van der Waals surface area contributed by atoms with Gasteiger partial charge >= 0.3 is 6.09 Å². The molecule has 90 valence electrons. The average Bonchev–Trinajstić information content (AvgIpc) is 2.64. The molecule has 0 spiro atoms. The van der Waals surface area contributed by atoms with Gasteiger partial charge in [-0.25, -0.2) is 13.6 Å². The number of amides is 1. The number of hydrogen-bond donors (Lipinski definition) is 0. The Balaban J connectivity index is 2.11. The van der Waals surface area contributed by atoms with Crippen LogP contribution in [0, 0.1) is 11.6 Å². The second-order valence-electron chi connectivity index (χ2n) is 3.58. The number of Topliss-reactive ketones (excluding diaryl/α,β-unsaturated/α-hetero) is 1. The zero-order valence-electron chi connectivity index (χ0n) is 8.78. The van der Waals surface area contributed by atoms with Crippen LogP contribution in [0.25, 0.3) is 0 Å². The van der Waals surface area contributed by atoms with Crippen molar-refractivity contribution < 1.29 is 23.1 Å². The number of ether oxygens (including phenoxy) is 1. The topological polar surface area (TPSA) is 46.6 Å². The van der Waals surface area contributed by atoms with Crippen molar-refractivity contribution in [2.75, 3.05) is 19.7 Å². The van der Waals surface area contributed by atoms with Crippen molar-refractivity contribution in [3.63, 3.8) is 0 Å². The predicted molar refractivity (Wildman–Crippen MR) is 53.6 cm³/mol. The van der Waals surface area contributed by atoms with E-state index in [9.17, 15) is 18.4 Å². The molecule has 0 bridgehead atoms. The number of benzene rings is 1. The van der Waals surface area contributed by atoms with Crippen LogP contribution in [0.15, 0.2) is 18.2 Å². The maximum atomic E-state index is 13.3. The first kappa shape index (κ1) is 11.5. The van der Waals surface area contributed by atoms with Gasteiger partial charge in [0, 0.05) is 6.07 Å². The Morgan fingerprint density at radius 3 is 2.76 bits per heavy atom. The van der Waals surface area contributed by atoms with E-state index in [1.807, 2.05) is 0 Å². The van der Waals surface area contributed by atoms with Crippen molar-refractivity contribution in [2.45, 2.75) is 0 Å². The first-order valence-corrected chi connectivity index (χ1v) is 4.98. The van der Waals surface area contributed by atoms with E-state index in [2.05, 4.69) is 4.74 Å². The largest absolute Gasteiger partial charge is 0.448 e. The summed E-state index contributed by atoms with van der Waals surface area (Å²) in [5.41, 5.74) is -0.230. The monoisotopic (exact) mass is 241 g/mol. The number of ketones is 1. The van der Waals surface area contributed by atoms with Crippen LogP contribution in [0.5, 0.6) is 0 Å². The Bertz CT molecular complexity index is 476. The normalized spacial score (nSPS) is 14.9. The molecule has 1 aromatic rings. The van der Waals surface area contributed by atoms with Gasteiger partial charge in [-0.3, -0.25) is 9.69 Å². The van der Waals surface area contributed by atoms with E-state index >= 15 is 0 Å². The third kappa shape index (κ3) is 2.41. The van der Waals surface area contributed by atoms with Crippen LogP contribution < -0.4 is 0 Å². The lowest BCUT2D eigenvalue weighted by molar-refractivity contribution is 0.0939. The molecule has 0 N–H and O–H groups in total. The molecule has 0 unspecified atom stereocenters. The molecule has 1 saturated heterocycles. The molecule has 6 heteroatoms. The average molecular weight is 241 g/mol. The maximum Gasteiger partial charge on any atom is 0.410 e. The Morgan fingerprint density at radius 2 is 2.18 bits per heavy atom. The van der Waals surface area contributed by atoms with Crippen molar-refractivity contribution in [1.82, 2.24) is 4.90 Å². The van der Waals surface area contributed by atoms with E-state index in [1.54, 1.807) is 0 Å². The molecular formula is C11H9F2NO3. The number of carbonyl (C=O) groups excluding carboxylic acids is 2. The van der Waals surface area contributed by atoms with Crippen LogP contribution >= 0.6 is 0 Å². The van der Waals surface area contributed by atoms with Crippen molar-refractivity contribution in [1.29, 1.82) is 0 Å². The molecule has 4 nitrogen and oxygen atoms in total. The molecule has 17 heavy (non-hydrogen) atoms. The second kappa shape index (κ2) is 4.48. The SMILES string of the molecule is O=C(CN1CCOC1=O)c1ccc(F)cc1F. The third-order valence-electron chi connectivity index (χ3n) is 2.41. The number of nitrogens with zero attached hydrogens (tertiary/aromatic N) is 1. The molecule has 1 aromatic carbocycles. The zero-order chi connectivity index (χ0) is 12.4. The minimum Gasteiger partial charge on any atom is -0.448 e. The van der Waals surface area contributed by atoms with Gasteiger partial charge in [-0.05, 0) is 12.1 Å². The summed E-state index contributed by atoms with van der Waals surface area (Å²) in [6.07, 6.45) is -0.596. The maximum absolute atomic E-state index is 13.3. The Morgan fingerprint density at radius 1 is 1.41 bits per heavy atom. The third-order valence-corrected chi connectivity index (χ3v) is 2.41. The van der Waals surface area contributed by atoms with Gasteiger partial charge in [-0.15, -0.1) is 0 Å². The van der Waals surface area contributed by atoms with E-state index in [4.69, 9.17) is 0 Å². The highest BCUT2D eigenvalue weighted by Gasteiger charge is 2.25. The molecule has 1 aliphatic rings. The molecule has 1 aliphatic heterocycles.